The first-order valence-corrected chi connectivity index (χ1v) is 10.4. The number of aryl methyl sites for hydroxylation is 2. The summed E-state index contributed by atoms with van der Waals surface area (Å²) in [6.45, 7) is -5.13. The Morgan fingerprint density at radius 1 is 0.914 bits per heavy atom. The van der Waals surface area contributed by atoms with Gasteiger partial charge < -0.3 is 14.0 Å². The van der Waals surface area contributed by atoms with E-state index in [0.29, 0.717) is 16.9 Å². The van der Waals surface area contributed by atoms with Crippen LogP contribution < -0.4 is 4.57 Å². The smallest absolute Gasteiger partial charge is 0.519 e. The molecule has 0 fully saturated rings. The largest absolute Gasteiger partial charge is 3.00 e. The zero-order valence-electron chi connectivity index (χ0n) is 24.2. The fraction of sp³-hybridized carbons (Fsp3) is 0.0667. The van der Waals surface area contributed by atoms with Crippen LogP contribution in [0.1, 0.15) is 19.4 Å². The second kappa shape index (κ2) is 10.7. The Balaban J connectivity index is 0.000000233. The topological polar surface area (TPSA) is 29.9 Å². The Morgan fingerprint density at radius 3 is 2.54 bits per heavy atom. The van der Waals surface area contributed by atoms with Gasteiger partial charge in [0.05, 0.1) is 11.9 Å². The van der Waals surface area contributed by atoms with Crippen molar-refractivity contribution < 1.29 is 41.7 Å². The third-order valence-electron chi connectivity index (χ3n) is 5.17. The number of furan rings is 1. The molecule has 6 aromatic rings. The summed E-state index contributed by atoms with van der Waals surface area (Å²) in [5, 5.41) is 1.79. The van der Waals surface area contributed by atoms with E-state index in [-0.39, 0.29) is 37.0 Å². The first-order chi connectivity index (χ1) is 19.0. The molecule has 3 aromatic carbocycles. The predicted octanol–water partition coefficient (Wildman–Crippen LogP) is 6.77. The van der Waals surface area contributed by atoms with Crippen molar-refractivity contribution in [2.45, 2.75) is 13.7 Å². The first-order valence-electron chi connectivity index (χ1n) is 13.4. The van der Waals surface area contributed by atoms with Gasteiger partial charge in [-0.25, -0.2) is 0 Å². The summed E-state index contributed by atoms with van der Waals surface area (Å²) >= 11 is 0. The molecule has 0 radical (unpaired) electrons. The SMILES string of the molecule is Fc1c[c-]c(-c2ccccn2)cc1.[2H]C([2H])([2H])c1c[c-][n+](-c2[c-]ccc3c2oc2ccccc23)cc1C([2H])([2H])[2H].[Ir+3]. The number of para-hydroxylation sites is 1. The van der Waals surface area contributed by atoms with Gasteiger partial charge >= 0.3 is 20.1 Å². The van der Waals surface area contributed by atoms with Crippen molar-refractivity contribution in [2.75, 3.05) is 0 Å². The van der Waals surface area contributed by atoms with E-state index in [4.69, 9.17) is 12.6 Å². The second-order valence-electron chi connectivity index (χ2n) is 7.40. The van der Waals surface area contributed by atoms with Gasteiger partial charge in [0.25, 0.3) is 0 Å². The molecule has 5 heteroatoms. The zero-order valence-corrected chi connectivity index (χ0v) is 20.6. The molecule has 6 rings (SSSR count). The van der Waals surface area contributed by atoms with Crippen LogP contribution in [0.15, 0.2) is 95.7 Å². The van der Waals surface area contributed by atoms with Crippen molar-refractivity contribution in [3.8, 4) is 16.9 Å². The van der Waals surface area contributed by atoms with Crippen LogP contribution >= 0.6 is 0 Å². The Labute approximate surface area is 225 Å². The third-order valence-corrected chi connectivity index (χ3v) is 5.17. The standard InChI is InChI=1S/C19H14NO.C11H7FN.Ir/c1-13-10-11-20(12-14(13)2)17-8-5-7-16-15-6-3-4-9-18(15)21-19(16)17;12-10-6-4-9(5-7-10)11-3-1-2-8-13-11;/h3-7,9-10,12H,1-2H3;1-4,6-8H;/q2*-1;+3/i1D3,2D3;;. The Morgan fingerprint density at radius 2 is 1.77 bits per heavy atom. The van der Waals surface area contributed by atoms with E-state index in [9.17, 15) is 4.39 Å². The fourth-order valence-corrected chi connectivity index (χ4v) is 3.52. The molecule has 0 saturated heterocycles. The van der Waals surface area contributed by atoms with E-state index in [1.807, 2.05) is 48.5 Å². The zero-order chi connectivity index (χ0) is 28.5. The molecule has 0 spiro atoms. The summed E-state index contributed by atoms with van der Waals surface area (Å²) in [5.41, 5.74) is 2.82. The van der Waals surface area contributed by atoms with Gasteiger partial charge in [-0.05, 0) is 17.8 Å². The average Bonchev–Trinajstić information content (AvgIpc) is 3.32. The van der Waals surface area contributed by atoms with E-state index in [2.05, 4.69) is 23.3 Å². The second-order valence-corrected chi connectivity index (χ2v) is 7.40. The number of hydrogen-bond acceptors (Lipinski definition) is 2. The maximum absolute atomic E-state index is 12.6. The molecule has 0 aliphatic carbocycles. The number of benzene rings is 3. The first kappa shape index (κ1) is 17.7. The van der Waals surface area contributed by atoms with Crippen molar-refractivity contribution in [1.82, 2.24) is 4.98 Å². The number of rotatable bonds is 2. The van der Waals surface area contributed by atoms with Crippen LogP contribution in [-0.2, 0) is 20.1 Å². The maximum atomic E-state index is 12.6. The monoisotopic (exact) mass is 643 g/mol. The van der Waals surface area contributed by atoms with Crippen LogP contribution in [0.25, 0.3) is 38.9 Å². The van der Waals surface area contributed by atoms with Crippen molar-refractivity contribution in [3.05, 3.63) is 127 Å². The molecular weight excluding hydrogens is 616 g/mol. The predicted molar refractivity (Wildman–Crippen MR) is 131 cm³/mol. The summed E-state index contributed by atoms with van der Waals surface area (Å²) in [5.74, 6) is -0.278. The quantitative estimate of drug-likeness (QED) is 0.154. The minimum absolute atomic E-state index is 0. The molecular formula is C30H21FIrN2O+. The summed E-state index contributed by atoms with van der Waals surface area (Å²) in [7, 11) is 0. The Kier molecular flexibility index (Phi) is 5.43. The molecule has 0 atom stereocenters. The van der Waals surface area contributed by atoms with Crippen molar-refractivity contribution in [3.63, 3.8) is 0 Å². The van der Waals surface area contributed by atoms with Gasteiger partial charge in [-0.2, -0.15) is 18.2 Å². The van der Waals surface area contributed by atoms with Crippen LogP contribution in [0.3, 0.4) is 0 Å². The van der Waals surface area contributed by atoms with Gasteiger partial charge in [0.2, 0.25) is 0 Å². The molecule has 0 aliphatic rings. The average molecular weight is 643 g/mol. The number of aromatic nitrogens is 2. The minimum atomic E-state index is -2.58. The molecule has 3 aromatic heterocycles. The number of pyridine rings is 2. The normalized spacial score (nSPS) is 13.7. The molecule has 0 aliphatic heterocycles. The van der Waals surface area contributed by atoms with Gasteiger partial charge in [-0.15, -0.1) is 35.4 Å². The molecule has 0 amide bonds. The van der Waals surface area contributed by atoms with Crippen molar-refractivity contribution in [1.29, 1.82) is 0 Å². The number of nitrogens with zero attached hydrogens (tertiary/aromatic N) is 2. The van der Waals surface area contributed by atoms with E-state index in [0.717, 1.165) is 22.0 Å². The molecule has 3 heterocycles. The van der Waals surface area contributed by atoms with Gasteiger partial charge in [0.15, 0.2) is 6.20 Å². The summed E-state index contributed by atoms with van der Waals surface area (Å²) in [4.78, 5) is 4.12. The molecule has 35 heavy (non-hydrogen) atoms. The molecule has 0 N–H and O–H groups in total. The van der Waals surface area contributed by atoms with Crippen LogP contribution in [0, 0.1) is 37.9 Å². The fourth-order valence-electron chi connectivity index (χ4n) is 3.52. The van der Waals surface area contributed by atoms with Crippen molar-refractivity contribution in [2.24, 2.45) is 0 Å². The van der Waals surface area contributed by atoms with Gasteiger partial charge in [0, 0.05) is 31.2 Å². The molecule has 172 valence electrons. The van der Waals surface area contributed by atoms with E-state index in [1.54, 1.807) is 18.3 Å². The van der Waals surface area contributed by atoms with Gasteiger partial charge in [-0.3, -0.25) is 4.39 Å². The van der Waals surface area contributed by atoms with E-state index >= 15 is 0 Å². The minimum Gasteiger partial charge on any atom is -0.519 e. The molecule has 0 bridgehead atoms. The van der Waals surface area contributed by atoms with Crippen molar-refractivity contribution >= 4 is 21.9 Å². The van der Waals surface area contributed by atoms with Crippen LogP contribution in [0.5, 0.6) is 0 Å². The van der Waals surface area contributed by atoms with Crippen LogP contribution in [-0.4, -0.2) is 4.98 Å². The molecule has 0 saturated carbocycles. The summed E-state index contributed by atoms with van der Waals surface area (Å²) in [6.07, 6.45) is 5.80. The van der Waals surface area contributed by atoms with Crippen LogP contribution in [0.4, 0.5) is 4.39 Å². The molecule has 3 nitrogen and oxygen atoms in total. The van der Waals surface area contributed by atoms with Gasteiger partial charge in [-0.1, -0.05) is 61.1 Å². The van der Waals surface area contributed by atoms with E-state index < -0.39 is 13.7 Å². The molecule has 0 unspecified atom stereocenters. The Hall–Kier alpha value is -3.66. The number of fused-ring (bicyclic) bond motifs is 3. The maximum Gasteiger partial charge on any atom is 3.00 e. The summed E-state index contributed by atoms with van der Waals surface area (Å²) < 4.78 is 65.9. The number of hydrogen-bond donors (Lipinski definition) is 0. The summed E-state index contributed by atoms with van der Waals surface area (Å²) in [6, 6.07) is 28.2. The Bertz CT molecular complexity index is 1790. The van der Waals surface area contributed by atoms with Crippen LogP contribution in [0.2, 0.25) is 0 Å². The number of halogens is 1. The van der Waals surface area contributed by atoms with E-state index in [1.165, 1.54) is 29.0 Å². The third kappa shape index (κ3) is 5.22. The van der Waals surface area contributed by atoms with Gasteiger partial charge in [0.1, 0.15) is 5.58 Å².